The third-order valence-corrected chi connectivity index (χ3v) is 1.55. The molecule has 7 heavy (non-hydrogen) atoms. The molecule has 2 nitrogen and oxygen atoms in total. The normalized spacial score (nSPS) is 32.9. The second-order valence-electron chi connectivity index (χ2n) is 1.30. The van der Waals surface area contributed by atoms with Gasteiger partial charge in [0, 0.05) is 0 Å². The van der Waals surface area contributed by atoms with E-state index in [4.69, 9.17) is 0 Å². The largest absolute Gasteiger partial charge is 0.290 e. The summed E-state index contributed by atoms with van der Waals surface area (Å²) in [5.74, 6) is 2.63. The van der Waals surface area contributed by atoms with Gasteiger partial charge < -0.3 is 0 Å². The number of hydrogen-bond acceptors (Lipinski definition) is 2. The van der Waals surface area contributed by atoms with Crippen LogP contribution in [0.2, 0.25) is 0 Å². The topological polar surface area (TPSA) is 26.3 Å². The molecule has 0 amide bonds. The Morgan fingerprint density at radius 2 is 2.57 bits per heavy atom. The third kappa shape index (κ3) is 1.57. The average molecular weight is 118 g/mol. The molecule has 0 aromatic heterocycles. The second kappa shape index (κ2) is 2.43. The van der Waals surface area contributed by atoms with E-state index in [-0.39, 0.29) is 0 Å². The molecule has 1 saturated heterocycles. The van der Waals surface area contributed by atoms with E-state index in [1.165, 1.54) is 0 Å². The molecule has 0 aliphatic carbocycles. The van der Waals surface area contributed by atoms with Crippen molar-refractivity contribution in [2.75, 3.05) is 6.61 Å². The van der Waals surface area contributed by atoms with Crippen molar-refractivity contribution in [3.8, 4) is 0 Å². The molecule has 0 N–H and O–H groups in total. The van der Waals surface area contributed by atoms with Crippen molar-refractivity contribution < 1.29 is 8.39 Å². The summed E-state index contributed by atoms with van der Waals surface area (Å²) in [5, 5.41) is 0. The van der Waals surface area contributed by atoms with Crippen LogP contribution in [0, 0.1) is 5.75 Å². The van der Waals surface area contributed by atoms with Crippen molar-refractivity contribution in [3.05, 3.63) is 5.75 Å². The smallest absolute Gasteiger partial charge is 0.165 e. The number of hydrogen-bond donors (Lipinski definition) is 0. The van der Waals surface area contributed by atoms with Crippen molar-refractivity contribution in [3.63, 3.8) is 0 Å². The SMILES string of the molecule is O=S1[C]CCCO1. The molecule has 1 atom stereocenters. The van der Waals surface area contributed by atoms with E-state index >= 15 is 0 Å². The summed E-state index contributed by atoms with van der Waals surface area (Å²) in [4.78, 5) is 0. The van der Waals surface area contributed by atoms with E-state index in [1.54, 1.807) is 0 Å². The zero-order chi connectivity index (χ0) is 5.11. The molecule has 2 radical (unpaired) electrons. The maximum absolute atomic E-state index is 10.2. The Morgan fingerprint density at radius 3 is 2.86 bits per heavy atom. The average Bonchev–Trinajstić information content (AvgIpc) is 1.69. The Bertz CT molecular complexity index is 73.8. The minimum absolute atomic E-state index is 0.625. The van der Waals surface area contributed by atoms with Crippen molar-refractivity contribution in [2.45, 2.75) is 12.8 Å². The molecule has 0 spiro atoms. The first-order valence-corrected chi connectivity index (χ1v) is 3.25. The van der Waals surface area contributed by atoms with Crippen molar-refractivity contribution in [1.82, 2.24) is 0 Å². The van der Waals surface area contributed by atoms with Crippen LogP contribution in [0.1, 0.15) is 12.8 Å². The van der Waals surface area contributed by atoms with E-state index in [9.17, 15) is 4.21 Å². The Hall–Kier alpha value is 0.110. The standard InChI is InChI=1S/C4H6O2S/c5-7-4-2-1-3-6-7/h1-3H2. The van der Waals surface area contributed by atoms with E-state index in [0.717, 1.165) is 12.8 Å². The zero-order valence-corrected chi connectivity index (χ0v) is 4.66. The molecule has 1 aliphatic heterocycles. The molecule has 1 aliphatic rings. The molecule has 3 heteroatoms. The lowest BCUT2D eigenvalue weighted by Crippen LogP contribution is -2.05. The highest BCUT2D eigenvalue weighted by atomic mass is 32.2. The van der Waals surface area contributed by atoms with Gasteiger partial charge in [-0.15, -0.1) is 0 Å². The molecular formula is C4H6O2S. The van der Waals surface area contributed by atoms with Crippen LogP contribution in [0.3, 0.4) is 0 Å². The summed E-state index contributed by atoms with van der Waals surface area (Å²) >= 11 is -1.19. The summed E-state index contributed by atoms with van der Waals surface area (Å²) in [6.45, 7) is 0.625. The molecule has 1 fully saturated rings. The van der Waals surface area contributed by atoms with Gasteiger partial charge >= 0.3 is 0 Å². The summed E-state index contributed by atoms with van der Waals surface area (Å²) in [6.07, 6.45) is 1.78. The van der Waals surface area contributed by atoms with Gasteiger partial charge in [0.2, 0.25) is 0 Å². The van der Waals surface area contributed by atoms with Gasteiger partial charge in [-0.2, -0.15) is 0 Å². The van der Waals surface area contributed by atoms with Gasteiger partial charge in [-0.05, 0) is 12.8 Å². The minimum atomic E-state index is -1.19. The molecule has 40 valence electrons. The summed E-state index contributed by atoms with van der Waals surface area (Å²) in [6, 6.07) is 0. The number of rotatable bonds is 0. The fourth-order valence-electron chi connectivity index (χ4n) is 0.404. The van der Waals surface area contributed by atoms with Crippen molar-refractivity contribution >= 4 is 11.1 Å². The van der Waals surface area contributed by atoms with Gasteiger partial charge in [-0.3, -0.25) is 4.18 Å². The van der Waals surface area contributed by atoms with E-state index in [1.807, 2.05) is 0 Å². The molecular weight excluding hydrogens is 112 g/mol. The van der Waals surface area contributed by atoms with Crippen molar-refractivity contribution in [2.24, 2.45) is 0 Å². The minimum Gasteiger partial charge on any atom is -0.290 e. The van der Waals surface area contributed by atoms with Crippen LogP contribution < -0.4 is 0 Å². The van der Waals surface area contributed by atoms with Crippen LogP contribution in [0.15, 0.2) is 0 Å². The molecule has 1 heterocycles. The van der Waals surface area contributed by atoms with Gasteiger partial charge in [0.05, 0.1) is 6.61 Å². The highest BCUT2D eigenvalue weighted by Gasteiger charge is 2.06. The maximum atomic E-state index is 10.2. The quantitative estimate of drug-likeness (QED) is 0.463. The Kier molecular flexibility index (Phi) is 1.82. The van der Waals surface area contributed by atoms with E-state index in [0.29, 0.717) is 6.61 Å². The van der Waals surface area contributed by atoms with Crippen molar-refractivity contribution in [1.29, 1.82) is 0 Å². The molecule has 0 saturated carbocycles. The zero-order valence-electron chi connectivity index (χ0n) is 3.85. The van der Waals surface area contributed by atoms with Gasteiger partial charge in [-0.25, -0.2) is 4.21 Å². The fourth-order valence-corrected chi connectivity index (χ4v) is 1.07. The first-order chi connectivity index (χ1) is 3.39. The summed E-state index contributed by atoms with van der Waals surface area (Å²) < 4.78 is 14.9. The van der Waals surface area contributed by atoms with Crippen LogP contribution in [0.4, 0.5) is 0 Å². The predicted octanol–water partition coefficient (Wildman–Crippen LogP) is 0.499. The Balaban J connectivity index is 2.25. The predicted molar refractivity (Wildman–Crippen MR) is 26.6 cm³/mol. The lowest BCUT2D eigenvalue weighted by Gasteiger charge is -2.06. The summed E-state index contributed by atoms with van der Waals surface area (Å²) in [7, 11) is 0. The van der Waals surface area contributed by atoms with E-state index < -0.39 is 11.1 Å². The fraction of sp³-hybridized carbons (Fsp3) is 0.750. The maximum Gasteiger partial charge on any atom is 0.165 e. The molecule has 0 bridgehead atoms. The van der Waals surface area contributed by atoms with Crippen LogP contribution in [-0.2, 0) is 15.3 Å². The third-order valence-electron chi connectivity index (χ3n) is 0.731. The molecule has 1 rings (SSSR count). The highest BCUT2D eigenvalue weighted by Crippen LogP contribution is 2.07. The van der Waals surface area contributed by atoms with Gasteiger partial charge in [-0.1, -0.05) is 0 Å². The first-order valence-electron chi connectivity index (χ1n) is 2.18. The lowest BCUT2D eigenvalue weighted by atomic mass is 10.4. The Labute approximate surface area is 45.5 Å². The Morgan fingerprint density at radius 1 is 1.71 bits per heavy atom. The van der Waals surface area contributed by atoms with Crippen LogP contribution in [0.25, 0.3) is 0 Å². The first kappa shape index (κ1) is 5.25. The van der Waals surface area contributed by atoms with Crippen LogP contribution >= 0.6 is 0 Å². The highest BCUT2D eigenvalue weighted by molar-refractivity contribution is 7.82. The van der Waals surface area contributed by atoms with Gasteiger partial charge in [0.25, 0.3) is 0 Å². The van der Waals surface area contributed by atoms with Gasteiger partial charge in [0.15, 0.2) is 11.1 Å². The molecule has 1 unspecified atom stereocenters. The lowest BCUT2D eigenvalue weighted by molar-refractivity contribution is 0.328. The molecule has 0 aromatic rings. The van der Waals surface area contributed by atoms with Gasteiger partial charge in [0.1, 0.15) is 5.75 Å². The summed E-state index contributed by atoms with van der Waals surface area (Å²) in [5.41, 5.74) is 0. The monoisotopic (exact) mass is 118 g/mol. The van der Waals surface area contributed by atoms with Crippen LogP contribution in [-0.4, -0.2) is 10.8 Å². The van der Waals surface area contributed by atoms with Crippen LogP contribution in [0.5, 0.6) is 0 Å². The molecule has 0 aromatic carbocycles. The second-order valence-corrected chi connectivity index (χ2v) is 2.30. The van der Waals surface area contributed by atoms with E-state index in [2.05, 4.69) is 9.94 Å².